The molecule has 1 aliphatic carbocycles. The molecule has 4 nitrogen and oxygen atoms in total. The molecule has 3 rings (SSSR count). The molecule has 0 unspecified atom stereocenters. The van der Waals surface area contributed by atoms with Gasteiger partial charge in [-0.2, -0.15) is 0 Å². The van der Waals surface area contributed by atoms with E-state index in [9.17, 15) is 13.2 Å². The highest BCUT2D eigenvalue weighted by molar-refractivity contribution is 8.13. The van der Waals surface area contributed by atoms with Gasteiger partial charge in [-0.25, -0.2) is 8.42 Å². The quantitative estimate of drug-likeness (QED) is 0.780. The van der Waals surface area contributed by atoms with Crippen molar-refractivity contribution in [1.29, 1.82) is 0 Å². The molecule has 96 valence electrons. The summed E-state index contributed by atoms with van der Waals surface area (Å²) in [6, 6.07) is 4.70. The fourth-order valence-corrected chi connectivity index (χ4v) is 3.11. The van der Waals surface area contributed by atoms with Crippen LogP contribution in [0.2, 0.25) is 0 Å². The van der Waals surface area contributed by atoms with Gasteiger partial charge in [0.05, 0.1) is 4.90 Å². The number of amides is 1. The van der Waals surface area contributed by atoms with Crippen LogP contribution in [0.3, 0.4) is 0 Å². The van der Waals surface area contributed by atoms with Crippen molar-refractivity contribution in [2.75, 3.05) is 11.4 Å². The second kappa shape index (κ2) is 3.96. The van der Waals surface area contributed by atoms with E-state index < -0.39 is 9.05 Å². The monoisotopic (exact) mass is 285 g/mol. The SMILES string of the molecule is O=C(C1CC1)N1CCc2cc(S(=O)(=O)Cl)ccc21. The first-order chi connectivity index (χ1) is 8.47. The zero-order chi connectivity index (χ0) is 12.9. The van der Waals surface area contributed by atoms with Crippen molar-refractivity contribution in [2.45, 2.75) is 24.2 Å². The van der Waals surface area contributed by atoms with E-state index in [0.29, 0.717) is 13.0 Å². The minimum absolute atomic E-state index is 0.101. The minimum atomic E-state index is -3.70. The first kappa shape index (κ1) is 12.0. The molecule has 1 fully saturated rings. The normalized spacial score (nSPS) is 18.8. The van der Waals surface area contributed by atoms with E-state index in [1.165, 1.54) is 6.07 Å². The molecule has 18 heavy (non-hydrogen) atoms. The van der Waals surface area contributed by atoms with Crippen LogP contribution < -0.4 is 4.90 Å². The summed E-state index contributed by atoms with van der Waals surface area (Å²) in [4.78, 5) is 13.9. The van der Waals surface area contributed by atoms with E-state index in [2.05, 4.69) is 0 Å². The van der Waals surface area contributed by atoms with Crippen molar-refractivity contribution in [3.05, 3.63) is 23.8 Å². The van der Waals surface area contributed by atoms with Gasteiger partial charge in [0.15, 0.2) is 0 Å². The van der Waals surface area contributed by atoms with E-state index in [4.69, 9.17) is 10.7 Å². The molecule has 1 aliphatic heterocycles. The maximum atomic E-state index is 12.0. The Morgan fingerprint density at radius 2 is 2.06 bits per heavy atom. The summed E-state index contributed by atoms with van der Waals surface area (Å²) in [5.74, 6) is 0.336. The van der Waals surface area contributed by atoms with Gasteiger partial charge in [-0.1, -0.05) is 0 Å². The van der Waals surface area contributed by atoms with E-state index >= 15 is 0 Å². The molecule has 1 aromatic carbocycles. The molecule has 0 bridgehead atoms. The fraction of sp³-hybridized carbons (Fsp3) is 0.417. The number of hydrogen-bond acceptors (Lipinski definition) is 3. The minimum Gasteiger partial charge on any atom is -0.312 e. The predicted octanol–water partition coefficient (Wildman–Crippen LogP) is 1.91. The highest BCUT2D eigenvalue weighted by Gasteiger charge is 2.36. The number of anilines is 1. The Morgan fingerprint density at radius 1 is 1.33 bits per heavy atom. The summed E-state index contributed by atoms with van der Waals surface area (Å²) in [6.45, 7) is 0.635. The number of hydrogen-bond donors (Lipinski definition) is 0. The van der Waals surface area contributed by atoms with Crippen LogP contribution in [-0.4, -0.2) is 20.9 Å². The first-order valence-corrected chi connectivity index (χ1v) is 8.17. The lowest BCUT2D eigenvalue weighted by molar-refractivity contribution is -0.119. The summed E-state index contributed by atoms with van der Waals surface area (Å²) in [5, 5.41) is 0. The number of nitrogens with zero attached hydrogens (tertiary/aromatic N) is 1. The van der Waals surface area contributed by atoms with Crippen LogP contribution in [0.1, 0.15) is 18.4 Å². The summed E-state index contributed by atoms with van der Waals surface area (Å²) in [5.41, 5.74) is 1.71. The van der Waals surface area contributed by atoms with Crippen LogP contribution in [0.25, 0.3) is 0 Å². The second-order valence-corrected chi connectivity index (χ2v) is 7.31. The molecule has 0 spiro atoms. The molecule has 0 aromatic heterocycles. The van der Waals surface area contributed by atoms with Gasteiger partial charge >= 0.3 is 0 Å². The first-order valence-electron chi connectivity index (χ1n) is 5.86. The number of halogens is 1. The van der Waals surface area contributed by atoms with Gasteiger partial charge in [-0.05, 0) is 43.0 Å². The molecular weight excluding hydrogens is 274 g/mol. The van der Waals surface area contributed by atoms with Crippen LogP contribution in [0.15, 0.2) is 23.1 Å². The van der Waals surface area contributed by atoms with Gasteiger partial charge in [0, 0.05) is 28.8 Å². The maximum Gasteiger partial charge on any atom is 0.261 e. The molecule has 1 saturated carbocycles. The van der Waals surface area contributed by atoms with Crippen molar-refractivity contribution in [3.63, 3.8) is 0 Å². The van der Waals surface area contributed by atoms with E-state index in [1.807, 2.05) is 0 Å². The lowest BCUT2D eigenvalue weighted by Gasteiger charge is -2.17. The lowest BCUT2D eigenvalue weighted by atomic mass is 10.2. The smallest absolute Gasteiger partial charge is 0.261 e. The van der Waals surface area contributed by atoms with Gasteiger partial charge in [0.1, 0.15) is 0 Å². The van der Waals surface area contributed by atoms with Crippen molar-refractivity contribution in [3.8, 4) is 0 Å². The van der Waals surface area contributed by atoms with Gasteiger partial charge in [-0.15, -0.1) is 0 Å². The molecule has 1 amide bonds. The average Bonchev–Trinajstić information content (AvgIpc) is 3.06. The Kier molecular flexibility index (Phi) is 2.64. The van der Waals surface area contributed by atoms with Gasteiger partial charge in [0.2, 0.25) is 5.91 Å². The third-order valence-corrected chi connectivity index (χ3v) is 4.77. The number of benzene rings is 1. The molecule has 0 N–H and O–H groups in total. The zero-order valence-corrected chi connectivity index (χ0v) is 11.2. The maximum absolute atomic E-state index is 12.0. The predicted molar refractivity (Wildman–Crippen MR) is 68.3 cm³/mol. The van der Waals surface area contributed by atoms with Crippen LogP contribution >= 0.6 is 10.7 Å². The third-order valence-electron chi connectivity index (χ3n) is 3.42. The zero-order valence-electron chi connectivity index (χ0n) is 9.60. The Morgan fingerprint density at radius 3 is 2.67 bits per heavy atom. The van der Waals surface area contributed by atoms with Gasteiger partial charge < -0.3 is 4.90 Å². The van der Waals surface area contributed by atoms with Crippen LogP contribution in [0.4, 0.5) is 5.69 Å². The van der Waals surface area contributed by atoms with Crippen molar-refractivity contribution < 1.29 is 13.2 Å². The summed E-state index contributed by atoms with van der Waals surface area (Å²) < 4.78 is 22.5. The Labute approximate surface area is 110 Å². The number of rotatable bonds is 2. The number of fused-ring (bicyclic) bond motifs is 1. The second-order valence-electron chi connectivity index (χ2n) is 4.74. The van der Waals surface area contributed by atoms with Crippen molar-refractivity contribution >= 4 is 31.3 Å². The Bertz CT molecular complexity index is 622. The molecule has 2 aliphatic rings. The topological polar surface area (TPSA) is 54.5 Å². The summed E-state index contributed by atoms with van der Waals surface area (Å²) in [6.07, 6.45) is 2.63. The standard InChI is InChI=1S/C12H12ClNO3S/c13-18(16,17)10-3-4-11-9(7-10)5-6-14(11)12(15)8-1-2-8/h3-4,7-8H,1-2,5-6H2. The molecular formula is C12H12ClNO3S. The summed E-state index contributed by atoms with van der Waals surface area (Å²) >= 11 is 0. The highest BCUT2D eigenvalue weighted by atomic mass is 35.7. The molecule has 1 heterocycles. The lowest BCUT2D eigenvalue weighted by Crippen LogP contribution is -2.30. The van der Waals surface area contributed by atoms with E-state index in [0.717, 1.165) is 24.1 Å². The summed E-state index contributed by atoms with van der Waals surface area (Å²) in [7, 11) is 1.61. The van der Waals surface area contributed by atoms with Crippen molar-refractivity contribution in [1.82, 2.24) is 0 Å². The van der Waals surface area contributed by atoms with Crippen LogP contribution in [0.5, 0.6) is 0 Å². The molecule has 6 heteroatoms. The number of carbonyl (C=O) groups excluding carboxylic acids is 1. The average molecular weight is 286 g/mol. The third kappa shape index (κ3) is 2.01. The van der Waals surface area contributed by atoms with E-state index in [-0.39, 0.29) is 16.7 Å². The van der Waals surface area contributed by atoms with Gasteiger partial charge in [-0.3, -0.25) is 4.79 Å². The Hall–Kier alpha value is -1.07. The largest absolute Gasteiger partial charge is 0.312 e. The van der Waals surface area contributed by atoms with Gasteiger partial charge in [0.25, 0.3) is 9.05 Å². The Balaban J connectivity index is 1.96. The fourth-order valence-electron chi connectivity index (χ4n) is 2.31. The van der Waals surface area contributed by atoms with Crippen molar-refractivity contribution in [2.24, 2.45) is 5.92 Å². The molecule has 0 radical (unpaired) electrons. The molecule has 0 atom stereocenters. The van der Waals surface area contributed by atoms with Crippen LogP contribution in [-0.2, 0) is 20.3 Å². The molecule has 1 aromatic rings. The number of carbonyl (C=O) groups is 1. The van der Waals surface area contributed by atoms with E-state index in [1.54, 1.807) is 17.0 Å². The highest BCUT2D eigenvalue weighted by Crippen LogP contribution is 2.37. The molecule has 0 saturated heterocycles. The van der Waals surface area contributed by atoms with Crippen LogP contribution in [0, 0.1) is 5.92 Å².